The Labute approximate surface area is 77.0 Å². The van der Waals surface area contributed by atoms with Crippen molar-refractivity contribution in [2.75, 3.05) is 6.54 Å². The van der Waals surface area contributed by atoms with Crippen molar-refractivity contribution < 1.29 is 0 Å². The number of aromatic nitrogens is 1. The summed E-state index contributed by atoms with van der Waals surface area (Å²) in [5, 5.41) is 4.00. The number of nitrogens with one attached hydrogen (secondary N) is 1. The number of hydrogen-bond acceptors (Lipinski definition) is 2. The van der Waals surface area contributed by atoms with Gasteiger partial charge in [-0.3, -0.25) is 0 Å². The Morgan fingerprint density at radius 3 is 3.17 bits per heavy atom. The van der Waals surface area contributed by atoms with Crippen LogP contribution in [0.5, 0.6) is 0 Å². The minimum atomic E-state index is 0.491. The lowest BCUT2D eigenvalue weighted by Gasteiger charge is -2.09. The first-order valence-electron chi connectivity index (χ1n) is 4.21. The number of pyridine rings is 1. The third-order valence-electron chi connectivity index (χ3n) is 2.21. The smallest absolute Gasteiger partial charge is 0.129 e. The van der Waals surface area contributed by atoms with Gasteiger partial charge in [0.15, 0.2) is 0 Å². The van der Waals surface area contributed by atoms with E-state index in [0.29, 0.717) is 11.2 Å². The molecule has 0 amide bonds. The molecule has 12 heavy (non-hydrogen) atoms. The van der Waals surface area contributed by atoms with E-state index in [1.54, 1.807) is 6.20 Å². The van der Waals surface area contributed by atoms with Crippen molar-refractivity contribution in [3.8, 4) is 0 Å². The van der Waals surface area contributed by atoms with Crippen LogP contribution in [0.15, 0.2) is 18.3 Å². The van der Waals surface area contributed by atoms with Crippen molar-refractivity contribution in [2.24, 2.45) is 0 Å². The Hall–Kier alpha value is -0.600. The van der Waals surface area contributed by atoms with E-state index in [4.69, 9.17) is 11.6 Å². The van der Waals surface area contributed by atoms with Crippen molar-refractivity contribution in [2.45, 2.75) is 18.9 Å². The molecule has 1 aliphatic rings. The number of halogens is 1. The molecule has 0 aliphatic carbocycles. The Morgan fingerprint density at radius 1 is 1.58 bits per heavy atom. The second kappa shape index (κ2) is 3.42. The highest BCUT2D eigenvalue weighted by atomic mass is 35.5. The van der Waals surface area contributed by atoms with Crippen molar-refractivity contribution >= 4 is 11.6 Å². The fourth-order valence-corrected chi connectivity index (χ4v) is 1.79. The lowest BCUT2D eigenvalue weighted by Crippen LogP contribution is -2.12. The zero-order valence-corrected chi connectivity index (χ0v) is 7.51. The van der Waals surface area contributed by atoms with Gasteiger partial charge in [-0.05, 0) is 37.1 Å². The average Bonchev–Trinajstić information content (AvgIpc) is 2.56. The predicted octanol–water partition coefficient (Wildman–Crippen LogP) is 2.16. The van der Waals surface area contributed by atoms with Gasteiger partial charge in [0.1, 0.15) is 5.15 Å². The molecule has 1 aromatic heterocycles. The van der Waals surface area contributed by atoms with Crippen LogP contribution < -0.4 is 5.32 Å². The Bertz CT molecular complexity index is 269. The largest absolute Gasteiger partial charge is 0.310 e. The molecule has 2 heterocycles. The van der Waals surface area contributed by atoms with Gasteiger partial charge in [-0.15, -0.1) is 0 Å². The number of rotatable bonds is 1. The average molecular weight is 183 g/mol. The summed E-state index contributed by atoms with van der Waals surface area (Å²) in [4.78, 5) is 3.95. The van der Waals surface area contributed by atoms with Gasteiger partial charge in [0, 0.05) is 12.2 Å². The summed E-state index contributed by atoms with van der Waals surface area (Å²) < 4.78 is 0. The number of hydrogen-bond donors (Lipinski definition) is 1. The first-order valence-corrected chi connectivity index (χ1v) is 4.59. The Kier molecular flexibility index (Phi) is 2.28. The summed E-state index contributed by atoms with van der Waals surface area (Å²) in [6, 6.07) is 4.45. The summed E-state index contributed by atoms with van der Waals surface area (Å²) in [7, 11) is 0. The molecule has 1 N–H and O–H groups in total. The van der Waals surface area contributed by atoms with E-state index < -0.39 is 0 Å². The van der Waals surface area contributed by atoms with Gasteiger partial charge in [-0.25, -0.2) is 4.98 Å². The minimum Gasteiger partial charge on any atom is -0.310 e. The molecule has 1 aromatic rings. The molecule has 0 spiro atoms. The van der Waals surface area contributed by atoms with Crippen molar-refractivity contribution in [3.05, 3.63) is 29.0 Å². The molecule has 3 heteroatoms. The molecule has 0 bridgehead atoms. The van der Waals surface area contributed by atoms with Crippen LogP contribution in [0.25, 0.3) is 0 Å². The fraction of sp³-hybridized carbons (Fsp3) is 0.444. The van der Waals surface area contributed by atoms with Gasteiger partial charge in [-0.2, -0.15) is 0 Å². The van der Waals surface area contributed by atoms with Gasteiger partial charge in [0.05, 0.1) is 0 Å². The highest BCUT2D eigenvalue weighted by molar-refractivity contribution is 6.29. The monoisotopic (exact) mass is 182 g/mol. The molecular formula is C9H11ClN2. The number of nitrogens with zero attached hydrogens (tertiary/aromatic N) is 1. The highest BCUT2D eigenvalue weighted by Gasteiger charge is 2.15. The second-order valence-electron chi connectivity index (χ2n) is 3.06. The normalized spacial score (nSPS) is 22.9. The maximum absolute atomic E-state index is 5.78. The van der Waals surface area contributed by atoms with E-state index in [1.807, 2.05) is 12.1 Å². The Morgan fingerprint density at radius 2 is 2.50 bits per heavy atom. The van der Waals surface area contributed by atoms with Crippen LogP contribution in [-0.4, -0.2) is 11.5 Å². The third kappa shape index (κ3) is 1.59. The van der Waals surface area contributed by atoms with Crippen LogP contribution in [0.2, 0.25) is 5.15 Å². The second-order valence-corrected chi connectivity index (χ2v) is 3.45. The topological polar surface area (TPSA) is 24.9 Å². The summed E-state index contributed by atoms with van der Waals surface area (Å²) in [6.45, 7) is 1.12. The molecule has 1 aliphatic heterocycles. The summed E-state index contributed by atoms with van der Waals surface area (Å²) in [5.74, 6) is 0. The van der Waals surface area contributed by atoms with E-state index in [0.717, 1.165) is 6.54 Å². The van der Waals surface area contributed by atoms with E-state index in [2.05, 4.69) is 10.3 Å². The highest BCUT2D eigenvalue weighted by Crippen LogP contribution is 2.23. The molecule has 1 atom stereocenters. The van der Waals surface area contributed by atoms with E-state index in [-0.39, 0.29) is 0 Å². The van der Waals surface area contributed by atoms with E-state index in [9.17, 15) is 0 Å². The van der Waals surface area contributed by atoms with Crippen LogP contribution in [0.1, 0.15) is 24.4 Å². The van der Waals surface area contributed by atoms with Crippen LogP contribution in [0, 0.1) is 0 Å². The lowest BCUT2D eigenvalue weighted by molar-refractivity contribution is 0.647. The van der Waals surface area contributed by atoms with Gasteiger partial charge in [-0.1, -0.05) is 11.6 Å². The van der Waals surface area contributed by atoms with Crippen LogP contribution in [0.3, 0.4) is 0 Å². The summed E-state index contributed by atoms with van der Waals surface area (Å²) in [5.41, 5.74) is 1.26. The molecule has 0 unspecified atom stereocenters. The van der Waals surface area contributed by atoms with E-state index in [1.165, 1.54) is 18.4 Å². The van der Waals surface area contributed by atoms with Crippen LogP contribution in [-0.2, 0) is 0 Å². The molecule has 0 radical (unpaired) electrons. The van der Waals surface area contributed by atoms with E-state index >= 15 is 0 Å². The molecule has 64 valence electrons. The van der Waals surface area contributed by atoms with Crippen molar-refractivity contribution in [1.29, 1.82) is 0 Å². The molecule has 0 saturated carbocycles. The third-order valence-corrected chi connectivity index (χ3v) is 2.42. The lowest BCUT2D eigenvalue weighted by atomic mass is 10.1. The van der Waals surface area contributed by atoms with Crippen LogP contribution in [0.4, 0.5) is 0 Å². The Balaban J connectivity index is 2.21. The van der Waals surface area contributed by atoms with Gasteiger partial charge >= 0.3 is 0 Å². The SMILES string of the molecule is Clc1cc([C@@H]2CCCN2)ccn1. The molecule has 2 rings (SSSR count). The zero-order valence-electron chi connectivity index (χ0n) is 6.76. The molecule has 1 fully saturated rings. The zero-order chi connectivity index (χ0) is 8.39. The van der Waals surface area contributed by atoms with Gasteiger partial charge in [0.2, 0.25) is 0 Å². The predicted molar refractivity (Wildman–Crippen MR) is 49.2 cm³/mol. The van der Waals surface area contributed by atoms with Crippen LogP contribution >= 0.6 is 11.6 Å². The first-order chi connectivity index (χ1) is 5.86. The van der Waals surface area contributed by atoms with Gasteiger partial charge in [0.25, 0.3) is 0 Å². The van der Waals surface area contributed by atoms with Gasteiger partial charge < -0.3 is 5.32 Å². The molecule has 2 nitrogen and oxygen atoms in total. The van der Waals surface area contributed by atoms with Crippen molar-refractivity contribution in [3.63, 3.8) is 0 Å². The molecule has 0 aromatic carbocycles. The fourth-order valence-electron chi connectivity index (χ4n) is 1.60. The quantitative estimate of drug-likeness (QED) is 0.674. The molecular weight excluding hydrogens is 172 g/mol. The maximum atomic E-state index is 5.78. The molecule has 1 saturated heterocycles. The summed E-state index contributed by atoms with van der Waals surface area (Å²) >= 11 is 5.78. The standard InChI is InChI=1S/C9H11ClN2/c10-9-6-7(3-5-12-9)8-2-1-4-11-8/h3,5-6,8,11H,1-2,4H2/t8-/m0/s1. The van der Waals surface area contributed by atoms with Crippen molar-refractivity contribution in [1.82, 2.24) is 10.3 Å². The first kappa shape index (κ1) is 8.02. The minimum absolute atomic E-state index is 0.491. The summed E-state index contributed by atoms with van der Waals surface area (Å²) in [6.07, 6.45) is 4.22. The maximum Gasteiger partial charge on any atom is 0.129 e.